The fraction of sp³-hybridized carbons (Fsp3) is 0.400. The number of fused-ring (bicyclic) bond motifs is 1. The van der Waals surface area contributed by atoms with Crippen LogP contribution < -0.4 is 10.2 Å². The van der Waals surface area contributed by atoms with Crippen LogP contribution in [0.25, 0.3) is 0 Å². The first kappa shape index (κ1) is 10.7. The van der Waals surface area contributed by atoms with Crippen LogP contribution in [0.3, 0.4) is 0 Å². The van der Waals surface area contributed by atoms with Gasteiger partial charge in [-0.25, -0.2) is 4.39 Å². The first-order chi connectivity index (χ1) is 7.22. The highest BCUT2D eigenvalue weighted by molar-refractivity contribution is 6.30. The Labute approximate surface area is 92.1 Å². The maximum absolute atomic E-state index is 13.2. The number of hydroxylamine groups is 1. The lowest BCUT2D eigenvalue weighted by atomic mass is 10.0. The third kappa shape index (κ3) is 2.07. The maximum atomic E-state index is 13.2. The summed E-state index contributed by atoms with van der Waals surface area (Å²) in [5.41, 5.74) is 3.65. The number of benzene rings is 1. The Morgan fingerprint density at radius 1 is 1.60 bits per heavy atom. The van der Waals surface area contributed by atoms with Gasteiger partial charge in [-0.05, 0) is 6.07 Å². The average molecular weight is 232 g/mol. The molecule has 1 atom stereocenters. The third-order valence-electron chi connectivity index (χ3n) is 2.35. The second kappa shape index (κ2) is 4.35. The van der Waals surface area contributed by atoms with Crippen molar-refractivity contribution in [3.8, 4) is 5.75 Å². The van der Waals surface area contributed by atoms with Crippen molar-refractivity contribution in [2.45, 2.75) is 12.5 Å². The van der Waals surface area contributed by atoms with Gasteiger partial charge in [0.1, 0.15) is 11.6 Å². The predicted molar refractivity (Wildman–Crippen MR) is 54.4 cm³/mol. The van der Waals surface area contributed by atoms with Gasteiger partial charge in [0.05, 0.1) is 24.8 Å². The molecular weight excluding hydrogens is 221 g/mol. The van der Waals surface area contributed by atoms with Gasteiger partial charge in [-0.3, -0.25) is 0 Å². The highest BCUT2D eigenvalue weighted by atomic mass is 35.5. The largest absolute Gasteiger partial charge is 0.493 e. The molecule has 1 aliphatic heterocycles. The number of ether oxygens (including phenoxy) is 1. The molecule has 15 heavy (non-hydrogen) atoms. The van der Waals surface area contributed by atoms with E-state index in [1.54, 1.807) is 13.2 Å². The minimum Gasteiger partial charge on any atom is -0.493 e. The van der Waals surface area contributed by atoms with Crippen molar-refractivity contribution in [2.75, 3.05) is 13.7 Å². The molecule has 3 nitrogen and oxygen atoms in total. The van der Waals surface area contributed by atoms with Crippen molar-refractivity contribution in [1.29, 1.82) is 0 Å². The van der Waals surface area contributed by atoms with Crippen molar-refractivity contribution in [3.05, 3.63) is 28.5 Å². The molecule has 0 saturated heterocycles. The first-order valence-corrected chi connectivity index (χ1v) is 5.00. The highest BCUT2D eigenvalue weighted by Crippen LogP contribution is 2.35. The number of hydrogen-bond acceptors (Lipinski definition) is 3. The molecule has 1 aromatic rings. The molecular formula is C10H11ClFNO2. The quantitative estimate of drug-likeness (QED) is 0.794. The van der Waals surface area contributed by atoms with E-state index in [0.29, 0.717) is 12.4 Å². The molecule has 1 aliphatic rings. The summed E-state index contributed by atoms with van der Waals surface area (Å²) in [6.07, 6.45) is 0.767. The Bertz CT molecular complexity index is 373. The van der Waals surface area contributed by atoms with Gasteiger partial charge in [-0.15, -0.1) is 0 Å². The summed E-state index contributed by atoms with van der Waals surface area (Å²) < 4.78 is 18.5. The molecule has 1 N–H and O–H groups in total. The molecule has 0 bridgehead atoms. The van der Waals surface area contributed by atoms with E-state index in [9.17, 15) is 4.39 Å². The number of nitrogens with one attached hydrogen (secondary N) is 1. The van der Waals surface area contributed by atoms with Crippen molar-refractivity contribution < 1.29 is 14.0 Å². The number of halogens is 2. The standard InChI is InChI=1S/C10H11ClFNO2/c1-14-13-9-2-3-15-10-5-8(12)7(11)4-6(9)10/h4-5,9,13H,2-3H2,1H3. The number of rotatable bonds is 2. The molecule has 5 heteroatoms. The van der Waals surface area contributed by atoms with Crippen LogP contribution >= 0.6 is 11.6 Å². The number of hydrogen-bond donors (Lipinski definition) is 1. The maximum Gasteiger partial charge on any atom is 0.145 e. The van der Waals surface area contributed by atoms with Gasteiger partial charge in [0.25, 0.3) is 0 Å². The first-order valence-electron chi connectivity index (χ1n) is 4.62. The lowest BCUT2D eigenvalue weighted by Crippen LogP contribution is -2.26. The van der Waals surface area contributed by atoms with E-state index in [4.69, 9.17) is 21.2 Å². The molecule has 0 aromatic heterocycles. The topological polar surface area (TPSA) is 30.5 Å². The van der Waals surface area contributed by atoms with E-state index in [2.05, 4.69) is 5.48 Å². The monoisotopic (exact) mass is 231 g/mol. The van der Waals surface area contributed by atoms with E-state index >= 15 is 0 Å². The fourth-order valence-electron chi connectivity index (χ4n) is 1.65. The van der Waals surface area contributed by atoms with Crippen molar-refractivity contribution in [3.63, 3.8) is 0 Å². The highest BCUT2D eigenvalue weighted by Gasteiger charge is 2.23. The zero-order valence-electron chi connectivity index (χ0n) is 8.22. The normalized spacial score (nSPS) is 19.5. The molecule has 1 heterocycles. The van der Waals surface area contributed by atoms with Crippen molar-refractivity contribution >= 4 is 11.6 Å². The molecule has 0 amide bonds. The average Bonchev–Trinajstić information content (AvgIpc) is 2.21. The summed E-state index contributed by atoms with van der Waals surface area (Å²) in [5, 5.41) is 0.0992. The Hall–Kier alpha value is -0.840. The summed E-state index contributed by atoms with van der Waals surface area (Å²) in [6, 6.07) is 2.88. The van der Waals surface area contributed by atoms with Crippen molar-refractivity contribution in [2.24, 2.45) is 0 Å². The lowest BCUT2D eigenvalue weighted by Gasteiger charge is -2.26. The van der Waals surface area contributed by atoms with Crippen LogP contribution in [-0.2, 0) is 4.84 Å². The Balaban J connectivity index is 2.38. The summed E-state index contributed by atoms with van der Waals surface area (Å²) in [7, 11) is 1.54. The van der Waals surface area contributed by atoms with Gasteiger partial charge in [0.15, 0.2) is 0 Å². The van der Waals surface area contributed by atoms with Crippen LogP contribution in [0.5, 0.6) is 5.75 Å². The molecule has 1 unspecified atom stereocenters. The van der Waals surface area contributed by atoms with Gasteiger partial charge < -0.3 is 9.57 Å². The van der Waals surface area contributed by atoms with E-state index in [0.717, 1.165) is 12.0 Å². The molecule has 1 aromatic carbocycles. The minimum atomic E-state index is -0.464. The fourth-order valence-corrected chi connectivity index (χ4v) is 1.82. The summed E-state index contributed by atoms with van der Waals surface area (Å²) in [4.78, 5) is 4.87. The summed E-state index contributed by atoms with van der Waals surface area (Å²) in [5.74, 6) is 0.0613. The SMILES string of the molecule is CONC1CCOc2cc(F)c(Cl)cc21. The Morgan fingerprint density at radius 3 is 3.13 bits per heavy atom. The zero-order valence-corrected chi connectivity index (χ0v) is 8.97. The van der Waals surface area contributed by atoms with Crippen LogP contribution in [0.4, 0.5) is 4.39 Å². The smallest absolute Gasteiger partial charge is 0.145 e. The van der Waals surface area contributed by atoms with Gasteiger partial charge in [-0.1, -0.05) is 11.6 Å². The molecule has 0 saturated carbocycles. The molecule has 0 aliphatic carbocycles. The van der Waals surface area contributed by atoms with Crippen LogP contribution in [0.15, 0.2) is 12.1 Å². The molecule has 2 rings (SSSR count). The van der Waals surface area contributed by atoms with Gasteiger partial charge >= 0.3 is 0 Å². The summed E-state index contributed by atoms with van der Waals surface area (Å²) in [6.45, 7) is 0.537. The third-order valence-corrected chi connectivity index (χ3v) is 2.64. The summed E-state index contributed by atoms with van der Waals surface area (Å²) >= 11 is 5.71. The van der Waals surface area contributed by atoms with E-state index < -0.39 is 5.82 Å². The van der Waals surface area contributed by atoms with Crippen LogP contribution in [0, 0.1) is 5.82 Å². The van der Waals surface area contributed by atoms with Crippen LogP contribution in [0.1, 0.15) is 18.0 Å². The van der Waals surface area contributed by atoms with E-state index in [1.807, 2.05) is 0 Å². The molecule has 82 valence electrons. The Kier molecular flexibility index (Phi) is 3.09. The van der Waals surface area contributed by atoms with Crippen LogP contribution in [-0.4, -0.2) is 13.7 Å². The van der Waals surface area contributed by atoms with Gasteiger partial charge in [-0.2, -0.15) is 5.48 Å². The second-order valence-electron chi connectivity index (χ2n) is 3.32. The zero-order chi connectivity index (χ0) is 10.8. The second-order valence-corrected chi connectivity index (χ2v) is 3.72. The van der Waals surface area contributed by atoms with Gasteiger partial charge in [0, 0.05) is 18.1 Å². The lowest BCUT2D eigenvalue weighted by molar-refractivity contribution is 0.0462. The van der Waals surface area contributed by atoms with Crippen molar-refractivity contribution in [1.82, 2.24) is 5.48 Å². The van der Waals surface area contributed by atoms with Crippen LogP contribution in [0.2, 0.25) is 5.02 Å². The predicted octanol–water partition coefficient (Wildman–Crippen LogP) is 2.45. The Morgan fingerprint density at radius 2 is 2.40 bits per heavy atom. The molecule has 0 spiro atoms. The minimum absolute atomic E-state index is 0.00292. The molecule has 0 fully saturated rings. The van der Waals surface area contributed by atoms with Gasteiger partial charge in [0.2, 0.25) is 0 Å². The molecule has 0 radical (unpaired) electrons. The van der Waals surface area contributed by atoms with E-state index in [1.165, 1.54) is 6.07 Å². The van der Waals surface area contributed by atoms with E-state index in [-0.39, 0.29) is 11.1 Å².